The van der Waals surface area contributed by atoms with Crippen LogP contribution in [-0.2, 0) is 17.9 Å². The van der Waals surface area contributed by atoms with Gasteiger partial charge in [0.05, 0.1) is 12.9 Å². The molecule has 2 N–H and O–H groups in total. The van der Waals surface area contributed by atoms with E-state index in [0.717, 1.165) is 11.1 Å². The topological polar surface area (TPSA) is 80.6 Å². The molecule has 2 amide bonds. The molecule has 0 aliphatic rings. The average molecular weight is 364 g/mol. The van der Waals surface area contributed by atoms with Crippen molar-refractivity contribution >= 4 is 17.5 Å². The Morgan fingerprint density at radius 2 is 1.63 bits per heavy atom. The summed E-state index contributed by atoms with van der Waals surface area (Å²) in [6, 6.07) is 17.8. The SMILES string of the molecule is COCc1ccc(C(=O)NCc2ccc(NC(=O)c3ccco3)cc2)cc1. The van der Waals surface area contributed by atoms with Crippen LogP contribution in [0.25, 0.3) is 0 Å². The van der Waals surface area contributed by atoms with Crippen LogP contribution in [0.15, 0.2) is 71.3 Å². The van der Waals surface area contributed by atoms with Crippen molar-refractivity contribution in [2.24, 2.45) is 0 Å². The number of rotatable bonds is 7. The first-order valence-corrected chi connectivity index (χ1v) is 8.45. The van der Waals surface area contributed by atoms with E-state index in [1.807, 2.05) is 24.3 Å². The van der Waals surface area contributed by atoms with Crippen LogP contribution in [0.5, 0.6) is 0 Å². The lowest BCUT2D eigenvalue weighted by atomic mass is 10.1. The second-order valence-electron chi connectivity index (χ2n) is 5.94. The maximum absolute atomic E-state index is 12.2. The number of furan rings is 1. The molecule has 1 heterocycles. The van der Waals surface area contributed by atoms with E-state index < -0.39 is 0 Å². The molecule has 0 saturated carbocycles. The number of nitrogens with one attached hydrogen (secondary N) is 2. The number of amides is 2. The second kappa shape index (κ2) is 8.82. The van der Waals surface area contributed by atoms with Gasteiger partial charge in [0.1, 0.15) is 0 Å². The second-order valence-corrected chi connectivity index (χ2v) is 5.94. The lowest BCUT2D eigenvalue weighted by molar-refractivity contribution is 0.0949. The minimum absolute atomic E-state index is 0.144. The van der Waals surface area contributed by atoms with E-state index in [0.29, 0.717) is 24.4 Å². The summed E-state index contributed by atoms with van der Waals surface area (Å²) in [6.07, 6.45) is 1.45. The number of hydrogen-bond acceptors (Lipinski definition) is 4. The molecule has 2 aromatic carbocycles. The molecule has 0 saturated heterocycles. The van der Waals surface area contributed by atoms with Gasteiger partial charge in [0.25, 0.3) is 11.8 Å². The molecule has 0 radical (unpaired) electrons. The third-order valence-electron chi connectivity index (χ3n) is 3.94. The van der Waals surface area contributed by atoms with Crippen LogP contribution in [0.3, 0.4) is 0 Å². The predicted octanol–water partition coefficient (Wildman–Crippen LogP) is 3.61. The van der Waals surface area contributed by atoms with Gasteiger partial charge < -0.3 is 19.8 Å². The summed E-state index contributed by atoms with van der Waals surface area (Å²) in [5.41, 5.74) is 3.19. The van der Waals surface area contributed by atoms with Gasteiger partial charge in [-0.1, -0.05) is 24.3 Å². The quantitative estimate of drug-likeness (QED) is 0.671. The molecule has 27 heavy (non-hydrogen) atoms. The van der Waals surface area contributed by atoms with Crippen LogP contribution in [0, 0.1) is 0 Å². The smallest absolute Gasteiger partial charge is 0.291 e. The lowest BCUT2D eigenvalue weighted by Gasteiger charge is -2.08. The number of ether oxygens (including phenoxy) is 1. The van der Waals surface area contributed by atoms with Gasteiger partial charge in [-0.3, -0.25) is 9.59 Å². The van der Waals surface area contributed by atoms with Gasteiger partial charge in [-0.25, -0.2) is 0 Å². The van der Waals surface area contributed by atoms with Crippen LogP contribution < -0.4 is 10.6 Å². The predicted molar refractivity (Wildman–Crippen MR) is 101 cm³/mol. The van der Waals surface area contributed by atoms with Crippen LogP contribution in [0.2, 0.25) is 0 Å². The minimum atomic E-state index is -0.307. The van der Waals surface area contributed by atoms with Crippen molar-refractivity contribution in [1.82, 2.24) is 5.32 Å². The Labute approximate surface area is 157 Å². The first kappa shape index (κ1) is 18.4. The Bertz CT molecular complexity index is 885. The summed E-state index contributed by atoms with van der Waals surface area (Å²) >= 11 is 0. The lowest BCUT2D eigenvalue weighted by Crippen LogP contribution is -2.22. The molecule has 0 unspecified atom stereocenters. The molecule has 3 aromatic rings. The third kappa shape index (κ3) is 5.05. The monoisotopic (exact) mass is 364 g/mol. The standard InChI is InChI=1S/C21H20N2O4/c1-26-14-16-4-8-17(9-5-16)20(24)22-13-15-6-10-18(11-7-15)23-21(25)19-3-2-12-27-19/h2-12H,13-14H2,1H3,(H,22,24)(H,23,25). The molecule has 6 nitrogen and oxygen atoms in total. The van der Waals surface area contributed by atoms with E-state index in [2.05, 4.69) is 10.6 Å². The molecule has 0 aliphatic heterocycles. The molecule has 0 bridgehead atoms. The molecule has 1 aromatic heterocycles. The van der Waals surface area contributed by atoms with E-state index >= 15 is 0 Å². The van der Waals surface area contributed by atoms with Gasteiger partial charge in [-0.05, 0) is 47.5 Å². The van der Waals surface area contributed by atoms with Crippen molar-refractivity contribution in [2.75, 3.05) is 12.4 Å². The Morgan fingerprint density at radius 3 is 2.26 bits per heavy atom. The summed E-state index contributed by atoms with van der Waals surface area (Å²) in [5.74, 6) is -0.199. The van der Waals surface area contributed by atoms with Crippen LogP contribution in [0.4, 0.5) is 5.69 Å². The number of carbonyl (C=O) groups is 2. The first-order valence-electron chi connectivity index (χ1n) is 8.45. The van der Waals surface area contributed by atoms with E-state index in [1.165, 1.54) is 6.26 Å². The van der Waals surface area contributed by atoms with E-state index in [-0.39, 0.29) is 17.6 Å². The van der Waals surface area contributed by atoms with Crippen molar-refractivity contribution in [1.29, 1.82) is 0 Å². The largest absolute Gasteiger partial charge is 0.459 e. The first-order chi connectivity index (χ1) is 13.2. The molecule has 138 valence electrons. The molecule has 0 fully saturated rings. The minimum Gasteiger partial charge on any atom is -0.459 e. The highest BCUT2D eigenvalue weighted by molar-refractivity contribution is 6.02. The maximum Gasteiger partial charge on any atom is 0.291 e. The zero-order valence-electron chi connectivity index (χ0n) is 14.9. The highest BCUT2D eigenvalue weighted by Gasteiger charge is 2.09. The zero-order valence-corrected chi connectivity index (χ0v) is 14.9. The van der Waals surface area contributed by atoms with E-state index in [9.17, 15) is 9.59 Å². The van der Waals surface area contributed by atoms with Gasteiger partial charge in [0.15, 0.2) is 5.76 Å². The van der Waals surface area contributed by atoms with Gasteiger partial charge in [0, 0.05) is 24.9 Å². The summed E-state index contributed by atoms with van der Waals surface area (Å²) in [4.78, 5) is 24.1. The van der Waals surface area contributed by atoms with Gasteiger partial charge >= 0.3 is 0 Å². The summed E-state index contributed by atoms with van der Waals surface area (Å²) in [7, 11) is 1.63. The van der Waals surface area contributed by atoms with Crippen molar-refractivity contribution in [3.8, 4) is 0 Å². The number of hydrogen-bond donors (Lipinski definition) is 2. The fourth-order valence-electron chi connectivity index (χ4n) is 2.51. The maximum atomic E-state index is 12.2. The van der Waals surface area contributed by atoms with Crippen LogP contribution in [0.1, 0.15) is 32.0 Å². The van der Waals surface area contributed by atoms with E-state index in [1.54, 1.807) is 43.5 Å². The molecule has 0 spiro atoms. The van der Waals surface area contributed by atoms with Crippen LogP contribution >= 0.6 is 0 Å². The number of methoxy groups -OCH3 is 1. The molecular weight excluding hydrogens is 344 g/mol. The molecule has 0 aliphatic carbocycles. The Morgan fingerprint density at radius 1 is 0.926 bits per heavy atom. The molecule has 3 rings (SSSR count). The normalized spacial score (nSPS) is 10.4. The van der Waals surface area contributed by atoms with Crippen molar-refractivity contribution in [3.05, 3.63) is 89.4 Å². The van der Waals surface area contributed by atoms with E-state index in [4.69, 9.17) is 9.15 Å². The Kier molecular flexibility index (Phi) is 6.02. The third-order valence-corrected chi connectivity index (χ3v) is 3.94. The average Bonchev–Trinajstić information content (AvgIpc) is 3.23. The van der Waals surface area contributed by atoms with Crippen molar-refractivity contribution in [2.45, 2.75) is 13.2 Å². The number of anilines is 1. The summed E-state index contributed by atoms with van der Waals surface area (Å²) in [6.45, 7) is 0.912. The van der Waals surface area contributed by atoms with Crippen molar-refractivity contribution < 1.29 is 18.7 Å². The number of carbonyl (C=O) groups excluding carboxylic acids is 2. The fraction of sp³-hybridized carbons (Fsp3) is 0.143. The van der Waals surface area contributed by atoms with Gasteiger partial charge in [-0.15, -0.1) is 0 Å². The van der Waals surface area contributed by atoms with Crippen LogP contribution in [-0.4, -0.2) is 18.9 Å². The molecule has 0 atom stereocenters. The zero-order chi connectivity index (χ0) is 19.1. The summed E-state index contributed by atoms with van der Waals surface area (Å²) in [5, 5.41) is 5.62. The highest BCUT2D eigenvalue weighted by atomic mass is 16.5. The number of benzene rings is 2. The van der Waals surface area contributed by atoms with Crippen molar-refractivity contribution in [3.63, 3.8) is 0 Å². The summed E-state index contributed by atoms with van der Waals surface area (Å²) < 4.78 is 10.1. The molecule has 6 heteroatoms. The highest BCUT2D eigenvalue weighted by Crippen LogP contribution is 2.12. The Hall–Kier alpha value is -3.38. The molecular formula is C21H20N2O4. The van der Waals surface area contributed by atoms with Gasteiger partial charge in [-0.2, -0.15) is 0 Å². The Balaban J connectivity index is 1.52. The van der Waals surface area contributed by atoms with Gasteiger partial charge in [0.2, 0.25) is 0 Å². The fourth-order valence-corrected chi connectivity index (χ4v) is 2.51.